The minimum atomic E-state index is -4.60. The number of carboxylic acid groups (broad SMARTS) is 2. The van der Waals surface area contributed by atoms with Gasteiger partial charge in [0.2, 0.25) is 12.2 Å². The molecule has 5 amide bonds. The van der Waals surface area contributed by atoms with Crippen molar-refractivity contribution >= 4 is 84.3 Å². The van der Waals surface area contributed by atoms with E-state index in [2.05, 4.69) is 29.5 Å². The van der Waals surface area contributed by atoms with Gasteiger partial charge in [0.15, 0.2) is 16.9 Å². The lowest BCUT2D eigenvalue weighted by molar-refractivity contribution is -0.271. The number of amides is 5. The van der Waals surface area contributed by atoms with Gasteiger partial charge in [-0.15, -0.1) is 0 Å². The van der Waals surface area contributed by atoms with Crippen LogP contribution >= 0.6 is 11.3 Å². The number of hydrogen-bond acceptors (Lipinski definition) is 21. The fourth-order valence-corrected chi connectivity index (χ4v) is 17.6. The molecule has 30 heteroatoms. The second-order valence-electron chi connectivity index (χ2n) is 27.5. The van der Waals surface area contributed by atoms with Crippen molar-refractivity contribution in [3.8, 4) is 16.9 Å². The van der Waals surface area contributed by atoms with Crippen molar-refractivity contribution in [3.05, 3.63) is 130 Å². The number of pyridine rings is 1. The van der Waals surface area contributed by atoms with Crippen LogP contribution in [0.25, 0.3) is 21.3 Å². The van der Waals surface area contributed by atoms with Crippen LogP contribution in [0.1, 0.15) is 114 Å². The van der Waals surface area contributed by atoms with Crippen molar-refractivity contribution in [2.24, 2.45) is 16.2 Å². The number of aliphatic hydroxyl groups is 3. The van der Waals surface area contributed by atoms with Crippen LogP contribution in [0.15, 0.2) is 91.1 Å². The Kier molecular flexibility index (Phi) is 19.4. The molecule has 4 aliphatic carbocycles. The maximum absolute atomic E-state index is 14.2. The largest absolute Gasteiger partial charge is 0.479 e. The molecule has 28 nitrogen and oxygen atoms in total. The van der Waals surface area contributed by atoms with Gasteiger partial charge in [0, 0.05) is 79.4 Å². The van der Waals surface area contributed by atoms with Gasteiger partial charge in [0.1, 0.15) is 43.0 Å². The predicted molar refractivity (Wildman–Crippen MR) is 352 cm³/mol. The number of rotatable bonds is 26. The summed E-state index contributed by atoms with van der Waals surface area (Å²) in [6, 6.07) is 21.6. The zero-order valence-corrected chi connectivity index (χ0v) is 55.8. The predicted octanol–water partition coefficient (Wildman–Crippen LogP) is 5.67. The topological polar surface area (TPSA) is 389 Å². The molecule has 4 saturated carbocycles. The molecule has 0 spiro atoms. The molecule has 7 atom stereocenters. The van der Waals surface area contributed by atoms with E-state index < -0.39 is 108 Å². The summed E-state index contributed by atoms with van der Waals surface area (Å²) in [5.74, 6) is -5.36. The number of aliphatic carboxylic acids is 1. The molecule has 3 aromatic carbocycles. The number of carboxylic acids is 2. The molecule has 98 heavy (non-hydrogen) atoms. The first-order chi connectivity index (χ1) is 46.6. The first-order valence-electron chi connectivity index (χ1n) is 32.4. The molecule has 3 unspecified atom stereocenters. The number of aliphatic hydroxyl groups excluding tert-OH is 3. The van der Waals surface area contributed by atoms with E-state index in [9.17, 15) is 72.1 Å². The molecule has 3 aromatic heterocycles. The highest BCUT2D eigenvalue weighted by Crippen LogP contribution is 2.72. The number of aromatic nitrogens is 4. The van der Waals surface area contributed by atoms with E-state index in [1.54, 1.807) is 30.5 Å². The van der Waals surface area contributed by atoms with Gasteiger partial charge in [-0.05, 0) is 140 Å². The molecule has 6 aromatic rings. The Morgan fingerprint density at radius 3 is 2.33 bits per heavy atom. The number of fused-ring (bicyclic) bond motifs is 2. The summed E-state index contributed by atoms with van der Waals surface area (Å²) in [4.78, 5) is 103. The van der Waals surface area contributed by atoms with E-state index in [-0.39, 0.29) is 58.9 Å². The van der Waals surface area contributed by atoms with E-state index in [4.69, 9.17) is 29.0 Å². The number of para-hydroxylation sites is 1. The summed E-state index contributed by atoms with van der Waals surface area (Å²) >= 11 is 1.39. The fourth-order valence-electron chi connectivity index (χ4n) is 16.3. The summed E-state index contributed by atoms with van der Waals surface area (Å²) in [6.07, 6.45) is -0.438. The Morgan fingerprint density at radius 1 is 0.847 bits per heavy atom. The van der Waals surface area contributed by atoms with Crippen molar-refractivity contribution in [2.45, 2.75) is 141 Å². The summed E-state index contributed by atoms with van der Waals surface area (Å²) in [5, 5.41) is 63.4. The number of aryl methyl sites for hydroxylation is 1. The molecule has 8 N–H and O–H groups in total. The lowest BCUT2D eigenvalue weighted by atomic mass is 9.39. The Bertz CT molecular complexity index is 4220. The quantitative estimate of drug-likeness (QED) is 0.0184. The summed E-state index contributed by atoms with van der Waals surface area (Å²) < 4.78 is 61.3. The standard InChI is InChI=1S/C68H77N9O19S2/c1-39-45(43-16-17-50(72-54(43)60(85)86)75-22-20-41-10-8-11-44(46(41)29-75)59(84)73-63-71-47-12-4-5-13-49(47)97-63)28-70-77(39)38-67-33-65(2)32-66(3,34-67)36-68(35-65,37-67)94-25-23-74(24-26-98(90,91)92)64(89)93-31-42-15-14-40(9-6-7-21-69-51(78)30-76-52(79)18-19-53(76)80)27-48(42)95-62-57(83)55(81)56(82)58(96-62)61(87)88/h4-5,8,10-19,27-28,55-58,62,81-83H,6-7,9,20-26,29-38H2,1-3H3,(H,69,78)(H,85,86)(H,87,88)(H,71,73,84)(H,90,91,92)/t55?,56-,57+,58-,62+,65?,66?,67?,68?/m0/s1. The number of unbranched alkanes of at least 4 members (excludes halogenated alkanes) is 1. The van der Waals surface area contributed by atoms with Crippen LogP contribution in [0.2, 0.25) is 0 Å². The summed E-state index contributed by atoms with van der Waals surface area (Å²) in [6.45, 7) is 6.27. The van der Waals surface area contributed by atoms with Crippen LogP contribution in [0.5, 0.6) is 5.75 Å². The maximum Gasteiger partial charge on any atom is 0.410 e. The van der Waals surface area contributed by atoms with Crippen molar-refractivity contribution in [1.29, 1.82) is 0 Å². The number of benzene rings is 3. The molecule has 5 fully saturated rings. The van der Waals surface area contributed by atoms with Crippen molar-refractivity contribution in [3.63, 3.8) is 0 Å². The Balaban J connectivity index is 0.711. The third-order valence-electron chi connectivity index (χ3n) is 19.6. The van der Waals surface area contributed by atoms with Crippen LogP contribution in [0.4, 0.5) is 15.7 Å². The second kappa shape index (κ2) is 27.5. The highest BCUT2D eigenvalue weighted by Gasteiger charge is 2.66. The van der Waals surface area contributed by atoms with Gasteiger partial charge in [-0.3, -0.25) is 38.6 Å². The Hall–Kier alpha value is -8.75. The monoisotopic (exact) mass is 1390 g/mol. The molecule has 4 bridgehead atoms. The van der Waals surface area contributed by atoms with Gasteiger partial charge in [0.05, 0.1) is 34.4 Å². The molecular formula is C68H77N9O19S2. The number of imide groups is 1. The van der Waals surface area contributed by atoms with E-state index in [0.717, 1.165) is 68.3 Å². The van der Waals surface area contributed by atoms with Gasteiger partial charge < -0.3 is 59.6 Å². The number of hydrogen-bond donors (Lipinski definition) is 8. The number of carbonyl (C=O) groups excluding carboxylic acids is 5. The van der Waals surface area contributed by atoms with Crippen LogP contribution in [-0.2, 0) is 76.0 Å². The maximum atomic E-state index is 14.2. The molecule has 3 aliphatic heterocycles. The molecular weight excluding hydrogens is 1310 g/mol. The van der Waals surface area contributed by atoms with Crippen molar-refractivity contribution in [1.82, 2.24) is 34.9 Å². The smallest absolute Gasteiger partial charge is 0.410 e. The number of nitrogens with one attached hydrogen (secondary N) is 2. The van der Waals surface area contributed by atoms with Crippen molar-refractivity contribution in [2.75, 3.05) is 55.3 Å². The SMILES string of the molecule is Cc1c(-c2ccc(N3CCc4cccc(C(=O)Nc5nc6ccccc6s5)c4C3)nc2C(=O)O)cnn1CC12CC3(C)CC(C)(C1)CC(OCCN(CCS(=O)(=O)O)C(=O)OCc1ccc(CCCCNC(=O)CN4C(=O)C=CC4=O)cc1O[C@@H]1O[C@H](C(=O)O)[C@@H](O)C(O)[C@H]1O)(C3)C2. The molecule has 0 radical (unpaired) electrons. The zero-order chi connectivity index (χ0) is 69.6. The normalized spacial score (nSPS) is 25.6. The lowest BCUT2D eigenvalue weighted by Crippen LogP contribution is -2.64. The summed E-state index contributed by atoms with van der Waals surface area (Å²) in [5.41, 5.74) is 4.15. The number of aromatic carboxylic acids is 1. The van der Waals surface area contributed by atoms with Gasteiger partial charge in [-0.25, -0.2) is 24.4 Å². The third kappa shape index (κ3) is 15.0. The molecule has 520 valence electrons. The number of nitrogens with zero attached hydrogens (tertiary/aromatic N) is 7. The van der Waals surface area contributed by atoms with Crippen LogP contribution in [0.3, 0.4) is 0 Å². The number of anilines is 2. The second-order valence-corrected chi connectivity index (χ2v) is 30.1. The minimum Gasteiger partial charge on any atom is -0.479 e. The average molecular weight is 1390 g/mol. The molecule has 13 rings (SSSR count). The van der Waals surface area contributed by atoms with Gasteiger partial charge in [-0.1, -0.05) is 61.6 Å². The minimum absolute atomic E-state index is 0.0575. The van der Waals surface area contributed by atoms with Crippen LogP contribution in [-0.4, -0.2) is 191 Å². The Labute approximate surface area is 567 Å². The summed E-state index contributed by atoms with van der Waals surface area (Å²) in [7, 11) is -4.60. The van der Waals surface area contributed by atoms with E-state index in [1.165, 1.54) is 23.5 Å². The number of thiazole rings is 1. The van der Waals surface area contributed by atoms with Gasteiger partial charge in [0.25, 0.3) is 27.8 Å². The molecule has 6 heterocycles. The van der Waals surface area contributed by atoms with Crippen molar-refractivity contribution < 1.29 is 91.0 Å². The average Bonchev–Trinajstić information content (AvgIpc) is 0.771. The van der Waals surface area contributed by atoms with Crippen LogP contribution in [0, 0.1) is 23.2 Å². The van der Waals surface area contributed by atoms with Crippen LogP contribution < -0.4 is 20.3 Å². The first kappa shape index (κ1) is 69.2. The van der Waals surface area contributed by atoms with E-state index in [1.807, 2.05) is 52.9 Å². The molecule has 7 aliphatic rings. The fraction of sp³-hybridized carbons (Fsp3) is 0.471. The van der Waals surface area contributed by atoms with E-state index >= 15 is 0 Å². The van der Waals surface area contributed by atoms with Gasteiger partial charge in [-0.2, -0.15) is 13.5 Å². The highest BCUT2D eigenvalue weighted by atomic mass is 32.2. The lowest BCUT2D eigenvalue weighted by Gasteiger charge is -2.69. The first-order valence-corrected chi connectivity index (χ1v) is 34.8. The van der Waals surface area contributed by atoms with E-state index in [0.29, 0.717) is 97.8 Å². The highest BCUT2D eigenvalue weighted by molar-refractivity contribution is 7.85. The van der Waals surface area contributed by atoms with Gasteiger partial charge >= 0.3 is 18.0 Å². The number of ether oxygens (including phenoxy) is 4. The number of carbonyl (C=O) groups is 7. The third-order valence-corrected chi connectivity index (χ3v) is 21.2. The Morgan fingerprint density at radius 2 is 1.60 bits per heavy atom. The zero-order valence-electron chi connectivity index (χ0n) is 54.1. The molecule has 1 saturated heterocycles.